The van der Waals surface area contributed by atoms with Gasteiger partial charge in [0.2, 0.25) is 0 Å². The number of benzene rings is 6. The zero-order valence-corrected chi connectivity index (χ0v) is 18.2. The number of carbonyl (C=O) groups excluding carboxylic acids is 1. The maximum absolute atomic E-state index is 13.2. The van der Waals surface area contributed by atoms with Crippen LogP contribution in [-0.4, -0.2) is 11.1 Å². The number of rotatable bonds is 3. The molecule has 0 amide bonds. The molecule has 0 aliphatic rings. The van der Waals surface area contributed by atoms with E-state index in [1.165, 1.54) is 0 Å². The van der Waals surface area contributed by atoms with Crippen molar-refractivity contribution in [2.24, 2.45) is 0 Å². The van der Waals surface area contributed by atoms with Crippen LogP contribution in [0.25, 0.3) is 43.4 Å². The molecule has 0 spiro atoms. The summed E-state index contributed by atoms with van der Waals surface area (Å²) in [5.41, 5.74) is 1.82. The predicted octanol–water partition coefficient (Wildman–Crippen LogP) is 7.74. The lowest BCUT2D eigenvalue weighted by Crippen LogP contribution is -2.09. The lowest BCUT2D eigenvalue weighted by atomic mass is 9.92. The minimum Gasteiger partial charge on any atom is -0.507 e. The highest BCUT2D eigenvalue weighted by Crippen LogP contribution is 2.45. The molecule has 6 aromatic rings. The number of phenols is 1. The number of esters is 1. The molecule has 0 aliphatic heterocycles. The molecule has 3 nitrogen and oxygen atoms in total. The van der Waals surface area contributed by atoms with Crippen molar-refractivity contribution >= 4 is 38.3 Å². The van der Waals surface area contributed by atoms with Crippen molar-refractivity contribution in [3.05, 3.63) is 121 Å². The van der Waals surface area contributed by atoms with Gasteiger partial charge in [-0.2, -0.15) is 0 Å². The largest absolute Gasteiger partial charge is 0.507 e. The summed E-state index contributed by atoms with van der Waals surface area (Å²) < 4.78 is 6.00. The van der Waals surface area contributed by atoms with Gasteiger partial charge in [-0.15, -0.1) is 0 Å². The van der Waals surface area contributed by atoms with Crippen molar-refractivity contribution in [1.29, 1.82) is 0 Å². The van der Waals surface area contributed by atoms with E-state index in [1.807, 2.05) is 97.1 Å². The highest BCUT2D eigenvalue weighted by Gasteiger charge is 2.20. The van der Waals surface area contributed by atoms with Crippen molar-refractivity contribution in [1.82, 2.24) is 0 Å². The van der Waals surface area contributed by atoms with E-state index in [4.69, 9.17) is 4.74 Å². The average molecular weight is 440 g/mol. The van der Waals surface area contributed by atoms with Gasteiger partial charge in [-0.3, -0.25) is 0 Å². The Morgan fingerprint density at radius 2 is 1.12 bits per heavy atom. The Balaban J connectivity index is 1.55. The molecule has 6 rings (SSSR count). The Morgan fingerprint density at radius 3 is 1.85 bits per heavy atom. The fourth-order valence-corrected chi connectivity index (χ4v) is 4.59. The Morgan fingerprint density at radius 1 is 0.559 bits per heavy atom. The van der Waals surface area contributed by atoms with Gasteiger partial charge in [0.15, 0.2) is 0 Å². The van der Waals surface area contributed by atoms with Gasteiger partial charge in [0.05, 0.1) is 5.56 Å². The number of carbonyl (C=O) groups is 1. The quantitative estimate of drug-likeness (QED) is 0.226. The first kappa shape index (κ1) is 20.0. The first-order valence-corrected chi connectivity index (χ1v) is 11.1. The highest BCUT2D eigenvalue weighted by molar-refractivity contribution is 6.10. The first-order chi connectivity index (χ1) is 16.7. The second-order valence-corrected chi connectivity index (χ2v) is 8.29. The number of hydrogen-bond acceptors (Lipinski definition) is 3. The van der Waals surface area contributed by atoms with E-state index in [0.717, 1.165) is 32.3 Å². The normalized spacial score (nSPS) is 11.2. The van der Waals surface area contributed by atoms with E-state index in [1.54, 1.807) is 18.2 Å². The summed E-state index contributed by atoms with van der Waals surface area (Å²) >= 11 is 0. The van der Waals surface area contributed by atoms with E-state index in [2.05, 4.69) is 0 Å². The third kappa shape index (κ3) is 3.35. The van der Waals surface area contributed by atoms with E-state index < -0.39 is 5.97 Å². The number of aromatic hydroxyl groups is 1. The van der Waals surface area contributed by atoms with Crippen LogP contribution in [0, 0.1) is 0 Å². The van der Waals surface area contributed by atoms with E-state index in [0.29, 0.717) is 22.4 Å². The Labute approximate surface area is 196 Å². The number of ether oxygens (including phenoxy) is 1. The fraction of sp³-hybridized carbons (Fsp3) is 0. The molecule has 6 aromatic carbocycles. The van der Waals surface area contributed by atoms with E-state index >= 15 is 0 Å². The lowest BCUT2D eigenvalue weighted by molar-refractivity contribution is 0.0736. The zero-order chi connectivity index (χ0) is 23.1. The van der Waals surface area contributed by atoms with Gasteiger partial charge in [0.1, 0.15) is 11.5 Å². The summed E-state index contributed by atoms with van der Waals surface area (Å²) in [5.74, 6) is 0.101. The molecule has 0 unspecified atom stereocenters. The second-order valence-electron chi connectivity index (χ2n) is 8.29. The van der Waals surface area contributed by atoms with Crippen molar-refractivity contribution < 1.29 is 14.6 Å². The zero-order valence-electron chi connectivity index (χ0n) is 18.2. The molecule has 0 aromatic heterocycles. The minimum atomic E-state index is -0.443. The second kappa shape index (κ2) is 8.05. The molecule has 0 bridgehead atoms. The molecule has 0 aliphatic carbocycles. The maximum atomic E-state index is 13.2. The van der Waals surface area contributed by atoms with Crippen molar-refractivity contribution in [3.8, 4) is 22.6 Å². The number of hydrogen-bond donors (Lipinski definition) is 1. The van der Waals surface area contributed by atoms with Crippen molar-refractivity contribution in [2.45, 2.75) is 0 Å². The fourth-order valence-electron chi connectivity index (χ4n) is 4.59. The van der Waals surface area contributed by atoms with Crippen LogP contribution in [0.2, 0.25) is 0 Å². The third-order valence-corrected chi connectivity index (χ3v) is 6.24. The monoisotopic (exact) mass is 440 g/mol. The van der Waals surface area contributed by atoms with Crippen LogP contribution in [0.15, 0.2) is 115 Å². The van der Waals surface area contributed by atoms with Gasteiger partial charge in [-0.25, -0.2) is 4.79 Å². The Bertz CT molecular complexity index is 1720. The predicted molar refractivity (Wildman–Crippen MR) is 137 cm³/mol. The molecule has 0 heterocycles. The molecular formula is C31H20O3. The van der Waals surface area contributed by atoms with Crippen LogP contribution in [0.1, 0.15) is 10.4 Å². The van der Waals surface area contributed by atoms with Gasteiger partial charge < -0.3 is 9.84 Å². The molecular weight excluding hydrogens is 420 g/mol. The number of fused-ring (bicyclic) bond motifs is 3. The molecule has 0 fully saturated rings. The van der Waals surface area contributed by atoms with E-state index in [-0.39, 0.29) is 5.75 Å². The van der Waals surface area contributed by atoms with Crippen LogP contribution in [0.4, 0.5) is 0 Å². The highest BCUT2D eigenvalue weighted by atomic mass is 16.5. The SMILES string of the molecule is O=C(Oc1ccc2ccccc2c1-c1c(O)ccc2ccccc12)c1ccc2ccccc2c1. The molecule has 0 saturated carbocycles. The summed E-state index contributed by atoms with van der Waals surface area (Å²) in [6, 6.07) is 36.6. The summed E-state index contributed by atoms with van der Waals surface area (Å²) in [6.07, 6.45) is 0. The third-order valence-electron chi connectivity index (χ3n) is 6.24. The van der Waals surface area contributed by atoms with Gasteiger partial charge in [0, 0.05) is 11.1 Å². The van der Waals surface area contributed by atoms with Crippen LogP contribution in [0.5, 0.6) is 11.5 Å². The van der Waals surface area contributed by atoms with Crippen LogP contribution >= 0.6 is 0 Å². The molecule has 162 valence electrons. The van der Waals surface area contributed by atoms with Gasteiger partial charge in [-0.05, 0) is 56.6 Å². The topological polar surface area (TPSA) is 46.5 Å². The van der Waals surface area contributed by atoms with Gasteiger partial charge in [0.25, 0.3) is 0 Å². The van der Waals surface area contributed by atoms with E-state index in [9.17, 15) is 9.90 Å². The summed E-state index contributed by atoms with van der Waals surface area (Å²) in [4.78, 5) is 13.2. The Kier molecular flexibility index (Phi) is 4.74. The van der Waals surface area contributed by atoms with Crippen LogP contribution < -0.4 is 4.74 Å². The average Bonchev–Trinajstić information content (AvgIpc) is 2.89. The lowest BCUT2D eigenvalue weighted by Gasteiger charge is -2.17. The van der Waals surface area contributed by atoms with Crippen molar-refractivity contribution in [2.75, 3.05) is 0 Å². The standard InChI is InChI=1S/C31H20O3/c32-27-17-15-21-8-3-5-11-25(21)29(27)30-26-12-6-4-9-22(26)16-18-28(30)34-31(33)24-14-13-20-7-1-2-10-23(20)19-24/h1-19,32H. The Hall–Kier alpha value is -4.63. The molecule has 0 saturated heterocycles. The maximum Gasteiger partial charge on any atom is 0.343 e. The first-order valence-electron chi connectivity index (χ1n) is 11.1. The minimum absolute atomic E-state index is 0.137. The van der Waals surface area contributed by atoms with Crippen LogP contribution in [-0.2, 0) is 0 Å². The molecule has 0 radical (unpaired) electrons. The van der Waals surface area contributed by atoms with Gasteiger partial charge in [-0.1, -0.05) is 91.0 Å². The molecule has 34 heavy (non-hydrogen) atoms. The smallest absolute Gasteiger partial charge is 0.343 e. The summed E-state index contributed by atoms with van der Waals surface area (Å²) in [5, 5.41) is 16.8. The summed E-state index contributed by atoms with van der Waals surface area (Å²) in [6.45, 7) is 0. The van der Waals surface area contributed by atoms with Crippen LogP contribution in [0.3, 0.4) is 0 Å². The molecule has 3 heteroatoms. The number of phenolic OH excluding ortho intramolecular Hbond substituents is 1. The molecule has 0 atom stereocenters. The molecule has 1 N–H and O–H groups in total. The summed E-state index contributed by atoms with van der Waals surface area (Å²) in [7, 11) is 0. The van der Waals surface area contributed by atoms with Gasteiger partial charge >= 0.3 is 5.97 Å². The van der Waals surface area contributed by atoms with Crippen molar-refractivity contribution in [3.63, 3.8) is 0 Å².